The normalized spacial score (nSPS) is 10.8. The van der Waals surface area contributed by atoms with Crippen LogP contribution in [0.1, 0.15) is 11.5 Å². The number of hydrogen-bond acceptors (Lipinski definition) is 3. The molecule has 1 heterocycles. The van der Waals surface area contributed by atoms with Crippen molar-refractivity contribution in [3.63, 3.8) is 0 Å². The second-order valence-electron chi connectivity index (χ2n) is 3.49. The van der Waals surface area contributed by atoms with Crippen LogP contribution in [0.5, 0.6) is 0 Å². The first-order valence-electron chi connectivity index (χ1n) is 4.96. The van der Waals surface area contributed by atoms with E-state index in [4.69, 9.17) is 16.0 Å². The van der Waals surface area contributed by atoms with E-state index in [1.807, 2.05) is 0 Å². The van der Waals surface area contributed by atoms with Gasteiger partial charge in [0.15, 0.2) is 0 Å². The molecule has 2 rings (SSSR count). The molecule has 1 aromatic heterocycles. The average molecular weight is 259 g/mol. The zero-order valence-corrected chi connectivity index (χ0v) is 9.76. The maximum atomic E-state index is 13.7. The number of benzene rings is 1. The Balaban J connectivity index is 2.48. The molecule has 0 N–H and O–H groups in total. The number of halogens is 3. The molecule has 0 unspecified atom stereocenters. The molecule has 0 saturated heterocycles. The molecule has 0 amide bonds. The van der Waals surface area contributed by atoms with E-state index in [1.54, 1.807) is 0 Å². The van der Waals surface area contributed by atoms with E-state index in [2.05, 4.69) is 10.2 Å². The first-order chi connectivity index (χ1) is 8.13. The Morgan fingerprint density at radius 1 is 1.29 bits per heavy atom. The lowest BCUT2D eigenvalue weighted by Gasteiger charge is -2.02. The molecule has 0 spiro atoms. The zero-order chi connectivity index (χ0) is 12.4. The Morgan fingerprint density at radius 2 is 2.06 bits per heavy atom. The topological polar surface area (TPSA) is 38.9 Å². The predicted molar refractivity (Wildman–Crippen MR) is 58.8 cm³/mol. The summed E-state index contributed by atoms with van der Waals surface area (Å²) in [6.45, 7) is 1.54. The van der Waals surface area contributed by atoms with Crippen LogP contribution in [0.25, 0.3) is 11.5 Å². The summed E-state index contributed by atoms with van der Waals surface area (Å²) in [4.78, 5) is 0. The van der Waals surface area contributed by atoms with Gasteiger partial charge < -0.3 is 4.42 Å². The van der Waals surface area contributed by atoms with Gasteiger partial charge in [-0.3, -0.25) is 0 Å². The number of rotatable bonds is 3. The van der Waals surface area contributed by atoms with Crippen LogP contribution < -0.4 is 0 Å². The summed E-state index contributed by atoms with van der Waals surface area (Å²) in [5.41, 5.74) is 0.0248. The summed E-state index contributed by atoms with van der Waals surface area (Å²) >= 11 is 5.50. The monoisotopic (exact) mass is 258 g/mol. The van der Waals surface area contributed by atoms with Gasteiger partial charge >= 0.3 is 0 Å². The summed E-state index contributed by atoms with van der Waals surface area (Å²) in [5, 5.41) is 7.27. The highest BCUT2D eigenvalue weighted by Crippen LogP contribution is 2.26. The molecule has 0 aliphatic carbocycles. The van der Waals surface area contributed by atoms with E-state index in [0.717, 1.165) is 0 Å². The van der Waals surface area contributed by atoms with Crippen molar-refractivity contribution in [2.24, 2.45) is 0 Å². The molecule has 17 heavy (non-hydrogen) atoms. The van der Waals surface area contributed by atoms with Crippen LogP contribution in [-0.2, 0) is 6.42 Å². The molecular formula is C11H9ClF2N2O. The van der Waals surface area contributed by atoms with Gasteiger partial charge in [-0.25, -0.2) is 8.78 Å². The van der Waals surface area contributed by atoms with Crippen LogP contribution >= 0.6 is 11.6 Å². The van der Waals surface area contributed by atoms with E-state index in [9.17, 15) is 8.78 Å². The lowest BCUT2D eigenvalue weighted by atomic mass is 10.1. The van der Waals surface area contributed by atoms with E-state index in [0.29, 0.717) is 17.9 Å². The zero-order valence-electron chi connectivity index (χ0n) is 9.01. The van der Waals surface area contributed by atoms with E-state index < -0.39 is 11.6 Å². The number of alkyl halides is 1. The fraction of sp³-hybridized carbons (Fsp3) is 0.273. The minimum Gasteiger partial charge on any atom is -0.420 e. The number of hydrogen-bond donors (Lipinski definition) is 0. The first-order valence-corrected chi connectivity index (χ1v) is 5.50. The number of aromatic nitrogens is 2. The van der Waals surface area contributed by atoms with Crippen LogP contribution in [0.2, 0.25) is 0 Å². The fourth-order valence-electron chi connectivity index (χ4n) is 1.39. The van der Waals surface area contributed by atoms with Crippen molar-refractivity contribution in [2.75, 3.05) is 5.88 Å². The van der Waals surface area contributed by atoms with Crippen molar-refractivity contribution in [1.29, 1.82) is 0 Å². The van der Waals surface area contributed by atoms with E-state index >= 15 is 0 Å². The molecule has 0 radical (unpaired) electrons. The molecule has 0 aliphatic rings. The second-order valence-corrected chi connectivity index (χ2v) is 3.87. The third-order valence-electron chi connectivity index (χ3n) is 2.27. The Morgan fingerprint density at radius 3 is 2.76 bits per heavy atom. The fourth-order valence-corrected chi connectivity index (χ4v) is 1.55. The van der Waals surface area contributed by atoms with Crippen molar-refractivity contribution in [2.45, 2.75) is 13.3 Å². The van der Waals surface area contributed by atoms with Gasteiger partial charge in [0.1, 0.15) is 17.2 Å². The van der Waals surface area contributed by atoms with Crippen LogP contribution in [0.3, 0.4) is 0 Å². The Kier molecular flexibility index (Phi) is 3.38. The minimum absolute atomic E-state index is 0.163. The smallest absolute Gasteiger partial charge is 0.253 e. The maximum absolute atomic E-state index is 13.7. The highest BCUT2D eigenvalue weighted by atomic mass is 35.5. The first kappa shape index (κ1) is 12.0. The third kappa shape index (κ3) is 2.29. The standard InChI is InChI=1S/C11H9ClF2N2O/c1-6-2-3-7(13)9(10(6)14)11-16-15-8(17-11)4-5-12/h2-3H,4-5H2,1H3. The van der Waals surface area contributed by atoms with Gasteiger partial charge in [-0.2, -0.15) is 0 Å². The molecule has 1 aromatic carbocycles. The van der Waals surface area contributed by atoms with Crippen molar-refractivity contribution in [1.82, 2.24) is 10.2 Å². The molecule has 0 aliphatic heterocycles. The SMILES string of the molecule is Cc1ccc(F)c(-c2nnc(CCCl)o2)c1F. The average Bonchev–Trinajstić information content (AvgIpc) is 2.73. The molecule has 0 atom stereocenters. The minimum atomic E-state index is -0.728. The lowest BCUT2D eigenvalue weighted by Crippen LogP contribution is -1.93. The summed E-state index contributed by atoms with van der Waals surface area (Å²) in [6.07, 6.45) is 0.365. The summed E-state index contributed by atoms with van der Waals surface area (Å²) in [5.74, 6) is -1.01. The van der Waals surface area contributed by atoms with Crippen LogP contribution in [0.4, 0.5) is 8.78 Å². The van der Waals surface area contributed by atoms with Crippen molar-refractivity contribution < 1.29 is 13.2 Å². The van der Waals surface area contributed by atoms with Gasteiger partial charge in [-0.1, -0.05) is 6.07 Å². The summed E-state index contributed by atoms with van der Waals surface area (Å²) in [6, 6.07) is 2.52. The molecular weight excluding hydrogens is 250 g/mol. The van der Waals surface area contributed by atoms with Crippen LogP contribution in [-0.4, -0.2) is 16.1 Å². The molecule has 0 bridgehead atoms. The largest absolute Gasteiger partial charge is 0.420 e. The second kappa shape index (κ2) is 4.79. The van der Waals surface area contributed by atoms with Crippen molar-refractivity contribution in [3.05, 3.63) is 35.2 Å². The number of nitrogens with zero attached hydrogens (tertiary/aromatic N) is 2. The van der Waals surface area contributed by atoms with Gasteiger partial charge in [0.25, 0.3) is 5.89 Å². The van der Waals surface area contributed by atoms with Gasteiger partial charge in [0.05, 0.1) is 0 Å². The van der Waals surface area contributed by atoms with E-state index in [-0.39, 0.29) is 17.3 Å². The summed E-state index contributed by atoms with van der Waals surface area (Å²) in [7, 11) is 0. The number of aryl methyl sites for hydroxylation is 2. The van der Waals surface area contributed by atoms with E-state index in [1.165, 1.54) is 19.1 Å². The molecule has 0 fully saturated rings. The molecule has 6 heteroatoms. The van der Waals surface area contributed by atoms with Crippen LogP contribution in [0, 0.1) is 18.6 Å². The van der Waals surface area contributed by atoms with Gasteiger partial charge in [0.2, 0.25) is 5.89 Å². The molecule has 3 nitrogen and oxygen atoms in total. The molecule has 90 valence electrons. The predicted octanol–water partition coefficient (Wildman–Crippen LogP) is 3.10. The van der Waals surface area contributed by atoms with Gasteiger partial charge in [-0.05, 0) is 18.6 Å². The highest BCUT2D eigenvalue weighted by molar-refractivity contribution is 6.17. The summed E-state index contributed by atoms with van der Waals surface area (Å²) < 4.78 is 32.4. The highest BCUT2D eigenvalue weighted by Gasteiger charge is 2.19. The lowest BCUT2D eigenvalue weighted by molar-refractivity contribution is 0.500. The quantitative estimate of drug-likeness (QED) is 0.794. The Hall–Kier alpha value is -1.49. The Labute approximate surface area is 101 Å². The van der Waals surface area contributed by atoms with Crippen LogP contribution in [0.15, 0.2) is 16.5 Å². The van der Waals surface area contributed by atoms with Crippen molar-refractivity contribution in [3.8, 4) is 11.5 Å². The maximum Gasteiger partial charge on any atom is 0.253 e. The Bertz CT molecular complexity index is 542. The molecule has 0 saturated carbocycles. The van der Waals surface area contributed by atoms with Gasteiger partial charge in [0, 0.05) is 12.3 Å². The van der Waals surface area contributed by atoms with Crippen molar-refractivity contribution >= 4 is 11.6 Å². The molecule has 2 aromatic rings. The third-order valence-corrected chi connectivity index (χ3v) is 2.46. The van der Waals surface area contributed by atoms with Gasteiger partial charge in [-0.15, -0.1) is 21.8 Å².